The maximum absolute atomic E-state index is 12.5. The number of furan rings is 1. The summed E-state index contributed by atoms with van der Waals surface area (Å²) < 4.78 is 5.51. The Kier molecular flexibility index (Phi) is 4.57. The number of amides is 2. The van der Waals surface area contributed by atoms with Gasteiger partial charge in [0, 0.05) is 13.5 Å². The molecule has 142 valence electrons. The van der Waals surface area contributed by atoms with Crippen LogP contribution in [0.25, 0.3) is 0 Å². The van der Waals surface area contributed by atoms with Crippen LogP contribution in [0.3, 0.4) is 0 Å². The van der Waals surface area contributed by atoms with Crippen molar-refractivity contribution in [1.29, 1.82) is 0 Å². The van der Waals surface area contributed by atoms with E-state index in [4.69, 9.17) is 4.42 Å². The molecule has 1 aromatic heterocycles. The summed E-state index contributed by atoms with van der Waals surface area (Å²) in [4.78, 5) is 26.4. The second-order valence-corrected chi connectivity index (χ2v) is 9.13. The molecule has 4 aliphatic carbocycles. The molecule has 2 amide bonds. The predicted octanol–water partition coefficient (Wildman–Crippen LogP) is 3.27. The topological polar surface area (TPSA) is 62.6 Å². The Labute approximate surface area is 155 Å². The maximum atomic E-state index is 12.5. The molecule has 1 aromatic rings. The smallest absolute Gasteiger partial charge is 0.242 e. The summed E-state index contributed by atoms with van der Waals surface area (Å²) in [5.74, 6) is 4.10. The summed E-state index contributed by atoms with van der Waals surface area (Å²) in [6.45, 7) is 2.38. The zero-order valence-electron chi connectivity index (χ0n) is 15.9. The average Bonchev–Trinajstić information content (AvgIpc) is 2.95. The molecular formula is C21H30N2O3. The van der Waals surface area contributed by atoms with Crippen molar-refractivity contribution < 1.29 is 14.0 Å². The summed E-state index contributed by atoms with van der Waals surface area (Å²) in [6.07, 6.45) is 8.42. The molecule has 0 spiro atoms. The molecule has 1 heterocycles. The number of nitrogens with zero attached hydrogens (tertiary/aromatic N) is 1. The number of carbonyl (C=O) groups excluding carboxylic acids is 2. The lowest BCUT2D eigenvalue weighted by atomic mass is 9.49. The third-order valence-corrected chi connectivity index (χ3v) is 6.75. The van der Waals surface area contributed by atoms with Crippen LogP contribution in [0.1, 0.15) is 56.5 Å². The lowest BCUT2D eigenvalue weighted by Crippen LogP contribution is -2.48. The third kappa shape index (κ3) is 3.67. The first-order valence-corrected chi connectivity index (χ1v) is 9.97. The Morgan fingerprint density at radius 2 is 1.77 bits per heavy atom. The van der Waals surface area contributed by atoms with E-state index in [-0.39, 0.29) is 23.8 Å². The first-order valence-electron chi connectivity index (χ1n) is 9.97. The van der Waals surface area contributed by atoms with Gasteiger partial charge >= 0.3 is 0 Å². The normalized spacial score (nSPS) is 31.8. The highest BCUT2D eigenvalue weighted by molar-refractivity contribution is 5.84. The van der Waals surface area contributed by atoms with E-state index >= 15 is 0 Å². The zero-order valence-corrected chi connectivity index (χ0v) is 15.9. The molecule has 4 bridgehead atoms. The van der Waals surface area contributed by atoms with Gasteiger partial charge in [0.15, 0.2) is 0 Å². The highest BCUT2D eigenvalue weighted by Gasteiger charge is 2.51. The molecule has 5 nitrogen and oxygen atoms in total. The van der Waals surface area contributed by atoms with Gasteiger partial charge in [-0.05, 0) is 80.8 Å². The van der Waals surface area contributed by atoms with E-state index in [1.807, 2.05) is 19.1 Å². The van der Waals surface area contributed by atoms with Crippen molar-refractivity contribution in [3.05, 3.63) is 23.7 Å². The predicted molar refractivity (Wildman–Crippen MR) is 98.2 cm³/mol. The van der Waals surface area contributed by atoms with Crippen LogP contribution in [0, 0.1) is 30.1 Å². The van der Waals surface area contributed by atoms with Crippen LogP contribution in [0.4, 0.5) is 0 Å². The van der Waals surface area contributed by atoms with Crippen LogP contribution in [0.15, 0.2) is 16.5 Å². The summed E-state index contributed by atoms with van der Waals surface area (Å²) >= 11 is 0. The van der Waals surface area contributed by atoms with Gasteiger partial charge in [-0.15, -0.1) is 0 Å². The minimum Gasteiger partial charge on any atom is -0.464 e. The van der Waals surface area contributed by atoms with E-state index in [1.54, 1.807) is 11.9 Å². The van der Waals surface area contributed by atoms with Gasteiger partial charge in [-0.25, -0.2) is 0 Å². The van der Waals surface area contributed by atoms with E-state index < -0.39 is 0 Å². The van der Waals surface area contributed by atoms with Crippen molar-refractivity contribution in [2.24, 2.45) is 23.2 Å². The summed E-state index contributed by atoms with van der Waals surface area (Å²) in [7, 11) is 1.74. The van der Waals surface area contributed by atoms with Gasteiger partial charge in [0.2, 0.25) is 11.8 Å². The first kappa shape index (κ1) is 17.6. The number of hydrogen-bond donors (Lipinski definition) is 1. The van der Waals surface area contributed by atoms with Crippen molar-refractivity contribution in [3.8, 4) is 0 Å². The fraction of sp³-hybridized carbons (Fsp3) is 0.714. The molecule has 0 unspecified atom stereocenters. The van der Waals surface area contributed by atoms with Crippen molar-refractivity contribution in [2.45, 2.75) is 58.4 Å². The molecule has 4 aliphatic rings. The van der Waals surface area contributed by atoms with E-state index in [9.17, 15) is 9.59 Å². The Balaban J connectivity index is 1.25. The van der Waals surface area contributed by atoms with Crippen LogP contribution in [0.2, 0.25) is 0 Å². The number of nitrogens with one attached hydrogen (secondary N) is 1. The molecule has 0 aromatic carbocycles. The highest BCUT2D eigenvalue weighted by Crippen LogP contribution is 2.61. The van der Waals surface area contributed by atoms with Gasteiger partial charge in [-0.1, -0.05) is 0 Å². The second-order valence-electron chi connectivity index (χ2n) is 9.13. The Morgan fingerprint density at radius 3 is 2.31 bits per heavy atom. The molecule has 0 aliphatic heterocycles. The van der Waals surface area contributed by atoms with E-state index in [0.29, 0.717) is 13.0 Å². The molecule has 5 heteroatoms. The molecule has 26 heavy (non-hydrogen) atoms. The molecule has 4 saturated carbocycles. The van der Waals surface area contributed by atoms with E-state index in [0.717, 1.165) is 29.3 Å². The Hall–Kier alpha value is -1.78. The second kappa shape index (κ2) is 6.75. The SMILES string of the molecule is Cc1ccc(CN(C)C(=O)CNC(=O)CC23CC4CC(CC(C4)C2)C3)o1. The van der Waals surface area contributed by atoms with Gasteiger partial charge in [-0.2, -0.15) is 0 Å². The first-order chi connectivity index (χ1) is 12.4. The summed E-state index contributed by atoms with van der Waals surface area (Å²) in [5, 5.41) is 2.87. The van der Waals surface area contributed by atoms with Crippen molar-refractivity contribution in [3.63, 3.8) is 0 Å². The van der Waals surface area contributed by atoms with Gasteiger partial charge in [-0.3, -0.25) is 9.59 Å². The largest absolute Gasteiger partial charge is 0.464 e. The van der Waals surface area contributed by atoms with Crippen LogP contribution in [-0.2, 0) is 16.1 Å². The van der Waals surface area contributed by atoms with Gasteiger partial charge in [0.05, 0.1) is 13.1 Å². The summed E-state index contributed by atoms with van der Waals surface area (Å²) in [6, 6.07) is 3.77. The maximum Gasteiger partial charge on any atom is 0.242 e. The number of likely N-dealkylation sites (N-methyl/N-ethyl adjacent to an activating group) is 1. The number of carbonyl (C=O) groups is 2. The average molecular weight is 358 g/mol. The zero-order chi connectivity index (χ0) is 18.3. The molecule has 0 radical (unpaired) electrons. The van der Waals surface area contributed by atoms with Gasteiger partial charge < -0.3 is 14.6 Å². The van der Waals surface area contributed by atoms with Gasteiger partial charge in [0.25, 0.3) is 0 Å². The number of rotatable bonds is 6. The Bertz CT molecular complexity index is 658. The fourth-order valence-electron chi connectivity index (χ4n) is 6.11. The minimum atomic E-state index is -0.0853. The monoisotopic (exact) mass is 358 g/mol. The van der Waals surface area contributed by atoms with Crippen molar-refractivity contribution >= 4 is 11.8 Å². The number of aryl methyl sites for hydroxylation is 1. The standard InChI is InChI=1S/C21H30N2O3/c1-14-3-4-18(26-14)13-23(2)20(25)12-22-19(24)11-21-8-15-5-16(9-21)7-17(6-15)10-21/h3-4,15-17H,5-13H2,1-2H3,(H,22,24). The van der Waals surface area contributed by atoms with Crippen LogP contribution in [-0.4, -0.2) is 30.3 Å². The molecule has 0 atom stereocenters. The minimum absolute atomic E-state index is 0.0440. The number of hydrogen-bond acceptors (Lipinski definition) is 3. The van der Waals surface area contributed by atoms with E-state index in [2.05, 4.69) is 5.32 Å². The molecule has 4 fully saturated rings. The molecule has 1 N–H and O–H groups in total. The Morgan fingerprint density at radius 1 is 1.15 bits per heavy atom. The van der Waals surface area contributed by atoms with Crippen molar-refractivity contribution in [2.75, 3.05) is 13.6 Å². The molecular weight excluding hydrogens is 328 g/mol. The quantitative estimate of drug-likeness (QED) is 0.849. The van der Waals surface area contributed by atoms with Crippen LogP contribution < -0.4 is 5.32 Å². The van der Waals surface area contributed by atoms with E-state index in [1.165, 1.54) is 38.5 Å². The van der Waals surface area contributed by atoms with Crippen LogP contribution in [0.5, 0.6) is 0 Å². The molecule has 5 rings (SSSR count). The summed E-state index contributed by atoms with van der Waals surface area (Å²) in [5.41, 5.74) is 0.222. The third-order valence-electron chi connectivity index (χ3n) is 6.75. The van der Waals surface area contributed by atoms with Crippen molar-refractivity contribution in [1.82, 2.24) is 10.2 Å². The highest BCUT2D eigenvalue weighted by atomic mass is 16.3. The van der Waals surface area contributed by atoms with Gasteiger partial charge in [0.1, 0.15) is 11.5 Å². The lowest BCUT2D eigenvalue weighted by Gasteiger charge is -2.56. The van der Waals surface area contributed by atoms with Crippen LogP contribution >= 0.6 is 0 Å². The fourth-order valence-corrected chi connectivity index (χ4v) is 6.11. The molecule has 0 saturated heterocycles. The lowest BCUT2D eigenvalue weighted by molar-refractivity contribution is -0.135.